The van der Waals surface area contributed by atoms with Crippen LogP contribution in [0.2, 0.25) is 0 Å². The minimum atomic E-state index is -0.859. The van der Waals surface area contributed by atoms with Crippen molar-refractivity contribution in [2.45, 2.75) is 32.7 Å². The molecule has 1 aliphatic heterocycles. The number of rotatable bonds is 5. The number of hydrogen-bond acceptors (Lipinski definition) is 2. The maximum Gasteiger partial charge on any atom is 0.310 e. The number of hydrogen-bond donors (Lipinski definition) is 1. The van der Waals surface area contributed by atoms with Crippen molar-refractivity contribution in [3.05, 3.63) is 89.0 Å². The van der Waals surface area contributed by atoms with E-state index in [2.05, 4.69) is 37.3 Å². The first-order valence-electron chi connectivity index (χ1n) is 9.84. The summed E-state index contributed by atoms with van der Waals surface area (Å²) in [7, 11) is 0. The molecule has 29 heavy (non-hydrogen) atoms. The van der Waals surface area contributed by atoms with E-state index in [4.69, 9.17) is 5.11 Å². The Bertz CT molecular complexity index is 1070. The number of fused-ring (bicyclic) bond motifs is 1. The molecule has 1 atom stereocenters. The molecule has 4 rings (SSSR count). The Hall–Kier alpha value is -3.40. The van der Waals surface area contributed by atoms with Crippen molar-refractivity contribution in [3.63, 3.8) is 0 Å². The molecule has 1 amide bonds. The molecule has 4 nitrogen and oxygen atoms in total. The minimum absolute atomic E-state index is 0.0222. The van der Waals surface area contributed by atoms with Gasteiger partial charge in [0.15, 0.2) is 0 Å². The SMILES string of the molecule is CCc1ccc(-c2ccc3c(c2)C(=O)N(c2ccc(C(C)C(=O)O)cc2)C3)cc1. The zero-order valence-corrected chi connectivity index (χ0v) is 16.6. The van der Waals surface area contributed by atoms with Gasteiger partial charge < -0.3 is 10.0 Å². The smallest absolute Gasteiger partial charge is 0.310 e. The average molecular weight is 385 g/mol. The third-order valence-corrected chi connectivity index (χ3v) is 5.68. The predicted octanol–water partition coefficient (Wildman–Crippen LogP) is 5.26. The molecule has 0 spiro atoms. The fourth-order valence-electron chi connectivity index (χ4n) is 3.71. The molecule has 1 aliphatic rings. The largest absolute Gasteiger partial charge is 0.481 e. The Morgan fingerprint density at radius 3 is 2.28 bits per heavy atom. The first-order valence-corrected chi connectivity index (χ1v) is 9.84. The monoisotopic (exact) mass is 385 g/mol. The Labute approximate surface area is 170 Å². The van der Waals surface area contributed by atoms with Gasteiger partial charge in [-0.1, -0.05) is 55.5 Å². The molecule has 0 aliphatic carbocycles. The van der Waals surface area contributed by atoms with Crippen LogP contribution in [0.3, 0.4) is 0 Å². The van der Waals surface area contributed by atoms with E-state index in [-0.39, 0.29) is 5.91 Å². The maximum atomic E-state index is 13.0. The fraction of sp³-hybridized carbons (Fsp3) is 0.200. The van der Waals surface area contributed by atoms with Gasteiger partial charge in [0.1, 0.15) is 0 Å². The molecule has 0 saturated carbocycles. The molecular weight excluding hydrogens is 362 g/mol. The number of anilines is 1. The molecule has 1 N–H and O–H groups in total. The second-order valence-electron chi connectivity index (χ2n) is 7.47. The summed E-state index contributed by atoms with van der Waals surface area (Å²) in [6, 6.07) is 21.7. The molecule has 0 aromatic heterocycles. The highest BCUT2D eigenvalue weighted by Crippen LogP contribution is 2.32. The summed E-state index contributed by atoms with van der Waals surface area (Å²) in [6.07, 6.45) is 1.00. The van der Waals surface area contributed by atoms with Crippen LogP contribution in [0.1, 0.15) is 46.8 Å². The number of aliphatic carboxylic acids is 1. The maximum absolute atomic E-state index is 13.0. The van der Waals surface area contributed by atoms with Gasteiger partial charge in [-0.3, -0.25) is 9.59 Å². The van der Waals surface area contributed by atoms with Crippen LogP contribution in [0.25, 0.3) is 11.1 Å². The summed E-state index contributed by atoms with van der Waals surface area (Å²) in [4.78, 5) is 25.9. The Morgan fingerprint density at radius 2 is 1.66 bits per heavy atom. The Kier molecular flexibility index (Phi) is 4.93. The summed E-state index contributed by atoms with van der Waals surface area (Å²) in [5.74, 6) is -1.45. The molecule has 3 aromatic carbocycles. The van der Waals surface area contributed by atoms with Crippen LogP contribution in [-0.4, -0.2) is 17.0 Å². The first kappa shape index (κ1) is 18.9. The average Bonchev–Trinajstić information content (AvgIpc) is 3.09. The number of aryl methyl sites for hydroxylation is 1. The summed E-state index contributed by atoms with van der Waals surface area (Å²) < 4.78 is 0. The van der Waals surface area contributed by atoms with Crippen molar-refractivity contribution in [3.8, 4) is 11.1 Å². The summed E-state index contributed by atoms with van der Waals surface area (Å²) in [5.41, 5.74) is 6.66. The molecule has 4 heteroatoms. The van der Waals surface area contributed by atoms with E-state index in [9.17, 15) is 9.59 Å². The quantitative estimate of drug-likeness (QED) is 0.651. The highest BCUT2D eigenvalue weighted by molar-refractivity contribution is 6.10. The molecular formula is C25H23NO3. The van der Waals surface area contributed by atoms with E-state index in [0.29, 0.717) is 6.54 Å². The lowest BCUT2D eigenvalue weighted by Crippen LogP contribution is -2.23. The van der Waals surface area contributed by atoms with Crippen LogP contribution in [0.4, 0.5) is 5.69 Å². The fourth-order valence-corrected chi connectivity index (χ4v) is 3.71. The molecule has 0 bridgehead atoms. The summed E-state index contributed by atoms with van der Waals surface area (Å²) >= 11 is 0. The highest BCUT2D eigenvalue weighted by Gasteiger charge is 2.29. The van der Waals surface area contributed by atoms with Gasteiger partial charge in [0.25, 0.3) is 5.91 Å². The van der Waals surface area contributed by atoms with E-state index in [0.717, 1.165) is 39.9 Å². The van der Waals surface area contributed by atoms with E-state index >= 15 is 0 Å². The van der Waals surface area contributed by atoms with E-state index in [1.165, 1.54) is 5.56 Å². The number of nitrogens with zero attached hydrogens (tertiary/aromatic N) is 1. The van der Waals surface area contributed by atoms with Gasteiger partial charge in [0.05, 0.1) is 12.5 Å². The highest BCUT2D eigenvalue weighted by atomic mass is 16.4. The van der Waals surface area contributed by atoms with Crippen LogP contribution in [-0.2, 0) is 17.8 Å². The Balaban J connectivity index is 1.59. The molecule has 1 unspecified atom stereocenters. The summed E-state index contributed by atoms with van der Waals surface area (Å²) in [6.45, 7) is 4.31. The number of amides is 1. The van der Waals surface area contributed by atoms with E-state index in [1.54, 1.807) is 24.0 Å². The van der Waals surface area contributed by atoms with Gasteiger partial charge in [-0.15, -0.1) is 0 Å². The van der Waals surface area contributed by atoms with Gasteiger partial charge in [-0.2, -0.15) is 0 Å². The van der Waals surface area contributed by atoms with Crippen LogP contribution >= 0.6 is 0 Å². The number of carboxylic acids is 1. The van der Waals surface area contributed by atoms with Gasteiger partial charge in [-0.25, -0.2) is 0 Å². The second-order valence-corrected chi connectivity index (χ2v) is 7.47. The zero-order valence-electron chi connectivity index (χ0n) is 16.6. The van der Waals surface area contributed by atoms with Gasteiger partial charge in [0.2, 0.25) is 0 Å². The van der Waals surface area contributed by atoms with Gasteiger partial charge in [-0.05, 0) is 59.4 Å². The van der Waals surface area contributed by atoms with E-state index < -0.39 is 11.9 Å². The number of carboxylic acid groups (broad SMARTS) is 1. The van der Waals surface area contributed by atoms with Gasteiger partial charge in [0, 0.05) is 11.3 Å². The third-order valence-electron chi connectivity index (χ3n) is 5.68. The number of carbonyl (C=O) groups is 2. The number of benzene rings is 3. The molecule has 146 valence electrons. The zero-order chi connectivity index (χ0) is 20.5. The Morgan fingerprint density at radius 1 is 1.00 bits per heavy atom. The minimum Gasteiger partial charge on any atom is -0.481 e. The lowest BCUT2D eigenvalue weighted by Gasteiger charge is -2.17. The van der Waals surface area contributed by atoms with Gasteiger partial charge >= 0.3 is 5.97 Å². The van der Waals surface area contributed by atoms with Crippen molar-refractivity contribution in [1.29, 1.82) is 0 Å². The molecule has 1 heterocycles. The van der Waals surface area contributed by atoms with Crippen molar-refractivity contribution in [2.24, 2.45) is 0 Å². The van der Waals surface area contributed by atoms with Crippen molar-refractivity contribution in [1.82, 2.24) is 0 Å². The molecule has 0 saturated heterocycles. The normalized spacial score (nSPS) is 14.0. The van der Waals surface area contributed by atoms with Crippen LogP contribution in [0.5, 0.6) is 0 Å². The number of carbonyl (C=O) groups excluding carboxylic acids is 1. The van der Waals surface area contributed by atoms with Crippen molar-refractivity contribution >= 4 is 17.6 Å². The van der Waals surface area contributed by atoms with Crippen molar-refractivity contribution < 1.29 is 14.7 Å². The topological polar surface area (TPSA) is 57.6 Å². The summed E-state index contributed by atoms with van der Waals surface area (Å²) in [5, 5.41) is 9.16. The van der Waals surface area contributed by atoms with Crippen molar-refractivity contribution in [2.75, 3.05) is 4.90 Å². The second kappa shape index (κ2) is 7.55. The molecule has 0 fully saturated rings. The standard InChI is InChI=1S/C25H23NO3/c1-3-17-4-6-19(7-5-17)20-8-9-21-15-26(24(27)23(21)14-20)22-12-10-18(11-13-22)16(2)25(28)29/h4-14,16H,3,15H2,1-2H3,(H,28,29). The lowest BCUT2D eigenvalue weighted by molar-refractivity contribution is -0.138. The third kappa shape index (κ3) is 3.54. The van der Waals surface area contributed by atoms with E-state index in [1.807, 2.05) is 24.3 Å². The first-order chi connectivity index (χ1) is 14.0. The van der Waals surface area contributed by atoms with Crippen LogP contribution in [0.15, 0.2) is 66.7 Å². The predicted molar refractivity (Wildman–Crippen MR) is 114 cm³/mol. The molecule has 0 radical (unpaired) electrons. The molecule has 3 aromatic rings. The van der Waals surface area contributed by atoms with Crippen LogP contribution < -0.4 is 4.90 Å². The van der Waals surface area contributed by atoms with Crippen LogP contribution in [0, 0.1) is 0 Å². The lowest BCUT2D eigenvalue weighted by atomic mass is 9.99.